The molecule has 2 heterocycles. The van der Waals surface area contributed by atoms with Gasteiger partial charge in [-0.3, -0.25) is 0 Å². The maximum Gasteiger partial charge on any atom is 0.218 e. The van der Waals surface area contributed by atoms with Gasteiger partial charge in [-0.25, -0.2) is 9.98 Å². The molecule has 1 aliphatic rings. The molecule has 0 fully saturated rings. The molecule has 0 spiro atoms. The number of hydrogen-bond acceptors (Lipinski definition) is 5. The van der Waals surface area contributed by atoms with Crippen LogP contribution in [0.3, 0.4) is 0 Å². The standard InChI is InChI=1S/C15H24N4O/c1-8(2)14-13(12-7-10(5)19-20-12)11(6)17-15(18-14)16-9(3)4/h7-9,11,13H,1-6H3,(H,16,17). The second-order valence-electron chi connectivity index (χ2n) is 6.03. The van der Waals surface area contributed by atoms with Gasteiger partial charge < -0.3 is 9.84 Å². The van der Waals surface area contributed by atoms with Crippen molar-refractivity contribution in [2.45, 2.75) is 59.5 Å². The second kappa shape index (κ2) is 5.77. The van der Waals surface area contributed by atoms with E-state index in [-0.39, 0.29) is 12.0 Å². The molecule has 110 valence electrons. The van der Waals surface area contributed by atoms with Gasteiger partial charge in [-0.2, -0.15) is 0 Å². The molecule has 0 radical (unpaired) electrons. The summed E-state index contributed by atoms with van der Waals surface area (Å²) in [5.41, 5.74) is 2.00. The summed E-state index contributed by atoms with van der Waals surface area (Å²) in [5.74, 6) is 2.00. The Hall–Kier alpha value is -1.65. The van der Waals surface area contributed by atoms with E-state index in [2.05, 4.69) is 50.1 Å². The van der Waals surface area contributed by atoms with E-state index in [9.17, 15) is 0 Å². The van der Waals surface area contributed by atoms with Gasteiger partial charge in [0.2, 0.25) is 5.96 Å². The van der Waals surface area contributed by atoms with Gasteiger partial charge in [-0.15, -0.1) is 0 Å². The van der Waals surface area contributed by atoms with Crippen molar-refractivity contribution in [3.05, 3.63) is 17.5 Å². The number of aliphatic imine (C=N–C) groups is 2. The summed E-state index contributed by atoms with van der Waals surface area (Å²) in [7, 11) is 0. The summed E-state index contributed by atoms with van der Waals surface area (Å²) in [6.45, 7) is 12.5. The molecule has 2 rings (SSSR count). The third-order valence-corrected chi connectivity index (χ3v) is 3.32. The first kappa shape index (κ1) is 14.8. The van der Waals surface area contributed by atoms with Gasteiger partial charge in [0.15, 0.2) is 0 Å². The predicted octanol–water partition coefficient (Wildman–Crippen LogP) is 2.92. The Bertz CT molecular complexity index is 528. The molecule has 20 heavy (non-hydrogen) atoms. The summed E-state index contributed by atoms with van der Waals surface area (Å²) in [5, 5.41) is 7.28. The zero-order chi connectivity index (χ0) is 14.9. The van der Waals surface area contributed by atoms with Crippen molar-refractivity contribution in [2.75, 3.05) is 0 Å². The van der Waals surface area contributed by atoms with E-state index in [0.717, 1.165) is 23.1 Å². The van der Waals surface area contributed by atoms with E-state index in [1.165, 1.54) is 0 Å². The molecular weight excluding hydrogens is 252 g/mol. The van der Waals surface area contributed by atoms with Gasteiger partial charge >= 0.3 is 0 Å². The highest BCUT2D eigenvalue weighted by atomic mass is 16.5. The van der Waals surface area contributed by atoms with Crippen LogP contribution in [-0.2, 0) is 0 Å². The Morgan fingerprint density at radius 2 is 1.95 bits per heavy atom. The lowest BCUT2D eigenvalue weighted by molar-refractivity contribution is 0.362. The fourth-order valence-corrected chi connectivity index (χ4v) is 2.46. The topological polar surface area (TPSA) is 62.8 Å². The monoisotopic (exact) mass is 276 g/mol. The Morgan fingerprint density at radius 1 is 1.25 bits per heavy atom. The van der Waals surface area contributed by atoms with E-state index in [1.807, 2.05) is 13.0 Å². The van der Waals surface area contributed by atoms with Crippen molar-refractivity contribution in [1.29, 1.82) is 0 Å². The Kier molecular flexibility index (Phi) is 4.26. The minimum atomic E-state index is 0.0777. The summed E-state index contributed by atoms with van der Waals surface area (Å²) >= 11 is 0. The largest absolute Gasteiger partial charge is 0.360 e. The average molecular weight is 276 g/mol. The van der Waals surface area contributed by atoms with Gasteiger partial charge in [-0.1, -0.05) is 19.0 Å². The van der Waals surface area contributed by atoms with Crippen molar-refractivity contribution < 1.29 is 4.52 Å². The first-order chi connectivity index (χ1) is 9.38. The van der Waals surface area contributed by atoms with Crippen LogP contribution in [0.15, 0.2) is 20.6 Å². The van der Waals surface area contributed by atoms with Crippen LogP contribution in [-0.4, -0.2) is 28.9 Å². The number of rotatable bonds is 3. The molecule has 0 bridgehead atoms. The number of aryl methyl sites for hydroxylation is 1. The van der Waals surface area contributed by atoms with Crippen molar-refractivity contribution in [3.8, 4) is 0 Å². The molecule has 0 saturated heterocycles. The van der Waals surface area contributed by atoms with E-state index in [0.29, 0.717) is 12.0 Å². The van der Waals surface area contributed by atoms with Crippen LogP contribution in [0.4, 0.5) is 0 Å². The highest BCUT2D eigenvalue weighted by Crippen LogP contribution is 2.30. The van der Waals surface area contributed by atoms with E-state index < -0.39 is 0 Å². The first-order valence-corrected chi connectivity index (χ1v) is 7.24. The number of aromatic nitrogens is 1. The van der Waals surface area contributed by atoms with Crippen molar-refractivity contribution in [2.24, 2.45) is 15.9 Å². The van der Waals surface area contributed by atoms with Crippen LogP contribution >= 0.6 is 0 Å². The molecule has 1 aromatic heterocycles. The first-order valence-electron chi connectivity index (χ1n) is 7.24. The summed E-state index contributed by atoms with van der Waals surface area (Å²) in [6.07, 6.45) is 0. The lowest BCUT2D eigenvalue weighted by atomic mass is 9.86. The molecule has 1 N–H and O–H groups in total. The predicted molar refractivity (Wildman–Crippen MR) is 81.4 cm³/mol. The van der Waals surface area contributed by atoms with Crippen LogP contribution < -0.4 is 5.32 Å². The smallest absolute Gasteiger partial charge is 0.218 e. The normalized spacial score (nSPS) is 23.0. The van der Waals surface area contributed by atoms with Crippen molar-refractivity contribution >= 4 is 11.7 Å². The number of guanidine groups is 1. The summed E-state index contributed by atoms with van der Waals surface area (Å²) < 4.78 is 5.45. The third kappa shape index (κ3) is 3.08. The van der Waals surface area contributed by atoms with E-state index >= 15 is 0 Å². The maximum absolute atomic E-state index is 5.45. The molecule has 1 aliphatic heterocycles. The van der Waals surface area contributed by atoms with Crippen LogP contribution in [0.1, 0.15) is 52.0 Å². The highest BCUT2D eigenvalue weighted by molar-refractivity contribution is 6.03. The fourth-order valence-electron chi connectivity index (χ4n) is 2.46. The van der Waals surface area contributed by atoms with Crippen LogP contribution in [0, 0.1) is 12.8 Å². The zero-order valence-corrected chi connectivity index (χ0v) is 13.1. The number of nitrogens with one attached hydrogen (secondary N) is 1. The fraction of sp³-hybridized carbons (Fsp3) is 0.667. The molecule has 5 heteroatoms. The highest BCUT2D eigenvalue weighted by Gasteiger charge is 2.33. The Labute approximate surface area is 120 Å². The van der Waals surface area contributed by atoms with Gasteiger partial charge in [-0.05, 0) is 33.6 Å². The summed E-state index contributed by atoms with van der Waals surface area (Å²) in [4.78, 5) is 9.36. The number of hydrogen-bond donors (Lipinski definition) is 1. The second-order valence-corrected chi connectivity index (χ2v) is 6.03. The maximum atomic E-state index is 5.45. The van der Waals surface area contributed by atoms with Crippen molar-refractivity contribution in [3.63, 3.8) is 0 Å². The molecule has 0 saturated carbocycles. The lowest BCUT2D eigenvalue weighted by Crippen LogP contribution is -2.38. The summed E-state index contributed by atoms with van der Waals surface area (Å²) in [6, 6.07) is 2.40. The lowest BCUT2D eigenvalue weighted by Gasteiger charge is -2.28. The molecule has 5 nitrogen and oxygen atoms in total. The Balaban J connectivity index is 2.35. The van der Waals surface area contributed by atoms with Crippen LogP contribution in [0.25, 0.3) is 0 Å². The minimum Gasteiger partial charge on any atom is -0.360 e. The van der Waals surface area contributed by atoms with Crippen LogP contribution in [0.5, 0.6) is 0 Å². The van der Waals surface area contributed by atoms with Gasteiger partial charge in [0, 0.05) is 17.8 Å². The molecule has 2 unspecified atom stereocenters. The quantitative estimate of drug-likeness (QED) is 0.923. The molecule has 2 atom stereocenters. The minimum absolute atomic E-state index is 0.0777. The van der Waals surface area contributed by atoms with E-state index in [1.54, 1.807) is 0 Å². The van der Waals surface area contributed by atoms with E-state index in [4.69, 9.17) is 9.52 Å². The number of nitrogens with zero attached hydrogens (tertiary/aromatic N) is 3. The van der Waals surface area contributed by atoms with Gasteiger partial charge in [0.05, 0.1) is 17.7 Å². The Morgan fingerprint density at radius 3 is 2.45 bits per heavy atom. The van der Waals surface area contributed by atoms with Gasteiger partial charge in [0.1, 0.15) is 5.76 Å². The molecule has 0 aromatic carbocycles. The van der Waals surface area contributed by atoms with Crippen molar-refractivity contribution in [1.82, 2.24) is 10.5 Å². The average Bonchev–Trinajstić information content (AvgIpc) is 2.73. The molecule has 1 aromatic rings. The van der Waals surface area contributed by atoms with Gasteiger partial charge in [0.25, 0.3) is 0 Å². The molecule has 0 amide bonds. The SMILES string of the molecule is Cc1cc(C2C(C(C)C)=NC(NC(C)C)=NC2C)on1. The third-order valence-electron chi connectivity index (χ3n) is 3.32. The molecule has 0 aliphatic carbocycles. The molecular formula is C15H24N4O. The zero-order valence-electron chi connectivity index (χ0n) is 13.1. The van der Waals surface area contributed by atoms with Crippen LogP contribution in [0.2, 0.25) is 0 Å².